The van der Waals surface area contributed by atoms with E-state index in [-0.39, 0.29) is 6.10 Å². The van der Waals surface area contributed by atoms with E-state index in [1.54, 1.807) is 18.2 Å². The summed E-state index contributed by atoms with van der Waals surface area (Å²) in [4.78, 5) is 13.6. The summed E-state index contributed by atoms with van der Waals surface area (Å²) < 4.78 is 5.62. The number of hydrogen-bond acceptors (Lipinski definition) is 4. The van der Waals surface area contributed by atoms with Crippen LogP contribution in [0.5, 0.6) is 0 Å². The van der Waals surface area contributed by atoms with Crippen molar-refractivity contribution in [3.63, 3.8) is 0 Å². The molecule has 2 rings (SSSR count). The number of morpholine rings is 1. The lowest BCUT2D eigenvalue weighted by Crippen LogP contribution is -2.43. The van der Waals surface area contributed by atoms with Crippen LogP contribution in [-0.2, 0) is 4.74 Å². The van der Waals surface area contributed by atoms with Crippen molar-refractivity contribution in [1.29, 1.82) is 0 Å². The van der Waals surface area contributed by atoms with Crippen LogP contribution in [0.2, 0.25) is 0 Å². The number of nitrogens with zero attached hydrogens (tertiary/aromatic N) is 1. The smallest absolute Gasteiger partial charge is 0.250 e. The molecular formula is C13H19N3O2. The Morgan fingerprint density at radius 1 is 1.56 bits per heavy atom. The summed E-state index contributed by atoms with van der Waals surface area (Å²) in [7, 11) is 0. The Balaban J connectivity index is 2.31. The number of nitrogen functional groups attached to an aromatic ring is 1. The van der Waals surface area contributed by atoms with Gasteiger partial charge in [-0.3, -0.25) is 4.79 Å². The monoisotopic (exact) mass is 249 g/mol. The lowest BCUT2D eigenvalue weighted by molar-refractivity contribution is 0.0383. The maximum Gasteiger partial charge on any atom is 0.250 e. The highest BCUT2D eigenvalue weighted by Gasteiger charge is 2.22. The summed E-state index contributed by atoms with van der Waals surface area (Å²) in [5.41, 5.74) is 13.2. The number of benzene rings is 1. The van der Waals surface area contributed by atoms with Crippen LogP contribution < -0.4 is 16.4 Å². The fourth-order valence-corrected chi connectivity index (χ4v) is 2.20. The second-order valence-electron chi connectivity index (χ2n) is 4.49. The molecule has 5 heteroatoms. The average molecular weight is 249 g/mol. The molecule has 98 valence electrons. The Labute approximate surface area is 107 Å². The van der Waals surface area contributed by atoms with Gasteiger partial charge in [0, 0.05) is 18.8 Å². The summed E-state index contributed by atoms with van der Waals surface area (Å²) in [6, 6.07) is 5.18. The second kappa shape index (κ2) is 5.27. The van der Waals surface area contributed by atoms with Crippen LogP contribution in [0.15, 0.2) is 18.2 Å². The van der Waals surface area contributed by atoms with E-state index in [1.807, 2.05) is 0 Å². The molecule has 0 radical (unpaired) electrons. The molecule has 0 saturated carbocycles. The van der Waals surface area contributed by atoms with E-state index >= 15 is 0 Å². The van der Waals surface area contributed by atoms with Gasteiger partial charge < -0.3 is 21.1 Å². The first-order valence-electron chi connectivity index (χ1n) is 6.17. The first-order chi connectivity index (χ1) is 8.61. The summed E-state index contributed by atoms with van der Waals surface area (Å²) >= 11 is 0. The van der Waals surface area contributed by atoms with E-state index in [9.17, 15) is 4.79 Å². The van der Waals surface area contributed by atoms with E-state index in [0.717, 1.165) is 25.2 Å². The standard InChI is InChI=1S/C13H19N3O2/c1-2-10-8-16(5-6-18-10)12-7-9(14)3-4-11(12)13(15)17/h3-4,7,10H,2,5-6,8,14H2,1H3,(H2,15,17). The van der Waals surface area contributed by atoms with Crippen LogP contribution >= 0.6 is 0 Å². The summed E-state index contributed by atoms with van der Waals surface area (Å²) in [6.07, 6.45) is 1.14. The van der Waals surface area contributed by atoms with Gasteiger partial charge in [0.05, 0.1) is 24.0 Å². The van der Waals surface area contributed by atoms with E-state index < -0.39 is 5.91 Å². The lowest BCUT2D eigenvalue weighted by atomic mass is 10.1. The molecule has 1 fully saturated rings. The van der Waals surface area contributed by atoms with Gasteiger partial charge in [0.25, 0.3) is 5.91 Å². The molecule has 1 unspecified atom stereocenters. The van der Waals surface area contributed by atoms with Crippen molar-refractivity contribution in [2.45, 2.75) is 19.4 Å². The number of hydrogen-bond donors (Lipinski definition) is 2. The van der Waals surface area contributed by atoms with Crippen molar-refractivity contribution in [3.05, 3.63) is 23.8 Å². The molecule has 1 aliphatic heterocycles. The van der Waals surface area contributed by atoms with Crippen LogP contribution in [0.3, 0.4) is 0 Å². The van der Waals surface area contributed by atoms with Crippen LogP contribution in [0.1, 0.15) is 23.7 Å². The van der Waals surface area contributed by atoms with Gasteiger partial charge in [-0.25, -0.2) is 0 Å². The van der Waals surface area contributed by atoms with Crippen molar-refractivity contribution in [1.82, 2.24) is 0 Å². The molecule has 1 aliphatic rings. The maximum absolute atomic E-state index is 11.5. The fraction of sp³-hybridized carbons (Fsp3) is 0.462. The second-order valence-corrected chi connectivity index (χ2v) is 4.49. The Bertz CT molecular complexity index is 448. The molecule has 1 saturated heterocycles. The maximum atomic E-state index is 11.5. The third kappa shape index (κ3) is 2.56. The summed E-state index contributed by atoms with van der Waals surface area (Å²) in [5, 5.41) is 0. The number of rotatable bonds is 3. The van der Waals surface area contributed by atoms with Crippen LogP contribution in [-0.4, -0.2) is 31.7 Å². The van der Waals surface area contributed by atoms with Crippen molar-refractivity contribution < 1.29 is 9.53 Å². The van der Waals surface area contributed by atoms with Gasteiger partial charge >= 0.3 is 0 Å². The minimum absolute atomic E-state index is 0.195. The van der Waals surface area contributed by atoms with Crippen molar-refractivity contribution in [2.24, 2.45) is 5.73 Å². The molecule has 0 aliphatic carbocycles. The zero-order chi connectivity index (χ0) is 13.1. The van der Waals surface area contributed by atoms with Crippen LogP contribution in [0, 0.1) is 0 Å². The molecule has 5 nitrogen and oxygen atoms in total. The number of anilines is 2. The molecule has 1 atom stereocenters. The van der Waals surface area contributed by atoms with Crippen molar-refractivity contribution in [2.75, 3.05) is 30.3 Å². The molecule has 1 aromatic carbocycles. The highest BCUT2D eigenvalue weighted by atomic mass is 16.5. The molecule has 1 heterocycles. The predicted molar refractivity (Wildman–Crippen MR) is 71.6 cm³/mol. The quantitative estimate of drug-likeness (QED) is 0.782. The van der Waals surface area contributed by atoms with Gasteiger partial charge in [-0.1, -0.05) is 6.92 Å². The molecular weight excluding hydrogens is 230 g/mol. The van der Waals surface area contributed by atoms with E-state index in [0.29, 0.717) is 17.9 Å². The zero-order valence-corrected chi connectivity index (χ0v) is 10.6. The van der Waals surface area contributed by atoms with Crippen LogP contribution in [0.25, 0.3) is 0 Å². The Kier molecular flexibility index (Phi) is 3.72. The van der Waals surface area contributed by atoms with Gasteiger partial charge in [-0.15, -0.1) is 0 Å². The number of carbonyl (C=O) groups excluding carboxylic acids is 1. The number of carbonyl (C=O) groups is 1. The zero-order valence-electron chi connectivity index (χ0n) is 10.6. The van der Waals surface area contributed by atoms with E-state index in [2.05, 4.69) is 11.8 Å². The van der Waals surface area contributed by atoms with Gasteiger partial charge in [0.2, 0.25) is 0 Å². The highest BCUT2D eigenvalue weighted by Crippen LogP contribution is 2.25. The number of amides is 1. The highest BCUT2D eigenvalue weighted by molar-refractivity contribution is 5.99. The SMILES string of the molecule is CCC1CN(c2cc(N)ccc2C(N)=O)CCO1. The van der Waals surface area contributed by atoms with E-state index in [4.69, 9.17) is 16.2 Å². The third-order valence-electron chi connectivity index (χ3n) is 3.22. The summed E-state index contributed by atoms with van der Waals surface area (Å²) in [5.74, 6) is -0.426. The molecule has 0 aromatic heterocycles. The minimum atomic E-state index is -0.426. The van der Waals surface area contributed by atoms with Gasteiger partial charge in [0.15, 0.2) is 0 Å². The number of ether oxygens (including phenoxy) is 1. The largest absolute Gasteiger partial charge is 0.399 e. The number of nitrogens with two attached hydrogens (primary N) is 2. The van der Waals surface area contributed by atoms with Gasteiger partial charge in [-0.05, 0) is 24.6 Å². The molecule has 1 aromatic rings. The molecule has 18 heavy (non-hydrogen) atoms. The van der Waals surface area contributed by atoms with E-state index in [1.165, 1.54) is 0 Å². The molecule has 4 N–H and O–H groups in total. The van der Waals surface area contributed by atoms with Gasteiger partial charge in [-0.2, -0.15) is 0 Å². The Hall–Kier alpha value is -1.75. The first kappa shape index (κ1) is 12.7. The molecule has 1 amide bonds. The third-order valence-corrected chi connectivity index (χ3v) is 3.22. The average Bonchev–Trinajstić information content (AvgIpc) is 2.38. The Morgan fingerprint density at radius 3 is 3.00 bits per heavy atom. The summed E-state index contributed by atoms with van der Waals surface area (Å²) in [6.45, 7) is 4.26. The lowest BCUT2D eigenvalue weighted by Gasteiger charge is -2.35. The number of primary amides is 1. The first-order valence-corrected chi connectivity index (χ1v) is 6.17. The van der Waals surface area contributed by atoms with Crippen molar-refractivity contribution >= 4 is 17.3 Å². The van der Waals surface area contributed by atoms with Gasteiger partial charge in [0.1, 0.15) is 0 Å². The normalized spacial score (nSPS) is 19.8. The van der Waals surface area contributed by atoms with Crippen molar-refractivity contribution in [3.8, 4) is 0 Å². The molecule has 0 spiro atoms. The molecule has 0 bridgehead atoms. The minimum Gasteiger partial charge on any atom is -0.399 e. The topological polar surface area (TPSA) is 81.6 Å². The predicted octanol–water partition coefficient (Wildman–Crippen LogP) is 0.983. The Morgan fingerprint density at radius 2 is 2.33 bits per heavy atom. The fourth-order valence-electron chi connectivity index (χ4n) is 2.20. The van der Waals surface area contributed by atoms with Crippen LogP contribution in [0.4, 0.5) is 11.4 Å².